The number of nitrogens with two attached hydrogens (primary N) is 1. The van der Waals surface area contributed by atoms with E-state index in [0.717, 1.165) is 29.7 Å². The van der Waals surface area contributed by atoms with Gasteiger partial charge in [0.2, 0.25) is 0 Å². The van der Waals surface area contributed by atoms with Crippen LogP contribution >= 0.6 is 0 Å². The van der Waals surface area contributed by atoms with Crippen LogP contribution in [-0.2, 0) is 7.05 Å². The summed E-state index contributed by atoms with van der Waals surface area (Å²) in [5.74, 6) is 0.863. The van der Waals surface area contributed by atoms with E-state index in [4.69, 9.17) is 5.73 Å². The van der Waals surface area contributed by atoms with Crippen LogP contribution in [-0.4, -0.2) is 9.78 Å². The number of aromatic nitrogens is 2. The number of rotatable bonds is 2. The average Bonchev–Trinajstić information content (AvgIpc) is 3.08. The van der Waals surface area contributed by atoms with Gasteiger partial charge in [-0.3, -0.25) is 4.68 Å². The van der Waals surface area contributed by atoms with E-state index in [1.54, 1.807) is 10.7 Å². The fourth-order valence-electron chi connectivity index (χ4n) is 2.14. The van der Waals surface area contributed by atoms with E-state index >= 15 is 0 Å². The van der Waals surface area contributed by atoms with E-state index in [-0.39, 0.29) is 5.82 Å². The van der Waals surface area contributed by atoms with Crippen molar-refractivity contribution in [2.24, 2.45) is 7.05 Å². The number of benzene rings is 1. The minimum atomic E-state index is -0.243. The number of hydrogen-bond donors (Lipinski definition) is 1. The lowest BCUT2D eigenvalue weighted by atomic mass is 10.0. The Morgan fingerprint density at radius 1 is 1.41 bits per heavy atom. The lowest BCUT2D eigenvalue weighted by Gasteiger charge is -2.03. The van der Waals surface area contributed by atoms with Gasteiger partial charge in [0.15, 0.2) is 0 Å². The van der Waals surface area contributed by atoms with Gasteiger partial charge in [-0.1, -0.05) is 12.1 Å². The molecule has 1 fully saturated rings. The molecule has 1 heterocycles. The molecule has 1 aromatic heterocycles. The fraction of sp³-hybridized carbons (Fsp3) is 0.308. The molecule has 3 rings (SSSR count). The second-order valence-corrected chi connectivity index (χ2v) is 4.55. The van der Waals surface area contributed by atoms with Gasteiger partial charge in [-0.15, -0.1) is 0 Å². The molecular weight excluding hydrogens is 217 g/mol. The van der Waals surface area contributed by atoms with E-state index in [1.165, 1.54) is 12.1 Å². The molecule has 17 heavy (non-hydrogen) atoms. The molecule has 4 heteroatoms. The smallest absolute Gasteiger partial charge is 0.129 e. The topological polar surface area (TPSA) is 43.8 Å². The van der Waals surface area contributed by atoms with Crippen molar-refractivity contribution in [1.29, 1.82) is 0 Å². The molecule has 2 N–H and O–H groups in total. The van der Waals surface area contributed by atoms with Crippen molar-refractivity contribution >= 4 is 5.82 Å². The van der Waals surface area contributed by atoms with Crippen LogP contribution in [0.2, 0.25) is 0 Å². The molecule has 88 valence electrons. The number of anilines is 1. The van der Waals surface area contributed by atoms with Gasteiger partial charge in [0.25, 0.3) is 0 Å². The van der Waals surface area contributed by atoms with E-state index in [9.17, 15) is 4.39 Å². The number of halogens is 1. The maximum Gasteiger partial charge on any atom is 0.129 e. The standard InChI is InChI=1S/C13H14FN3/c1-17-13(15)11(12(16-17)8-5-6-8)9-3-2-4-10(14)7-9/h2-4,7-8H,5-6,15H2,1H3. The van der Waals surface area contributed by atoms with Crippen LogP contribution < -0.4 is 5.73 Å². The van der Waals surface area contributed by atoms with Crippen molar-refractivity contribution in [3.63, 3.8) is 0 Å². The quantitative estimate of drug-likeness (QED) is 0.863. The Morgan fingerprint density at radius 2 is 2.18 bits per heavy atom. The highest BCUT2D eigenvalue weighted by Gasteiger charge is 2.31. The van der Waals surface area contributed by atoms with Gasteiger partial charge in [-0.25, -0.2) is 4.39 Å². The highest BCUT2D eigenvalue weighted by Crippen LogP contribution is 2.45. The van der Waals surface area contributed by atoms with Crippen LogP contribution in [0.3, 0.4) is 0 Å². The maximum absolute atomic E-state index is 13.3. The number of nitrogen functional groups attached to an aromatic ring is 1. The van der Waals surface area contributed by atoms with Crippen molar-refractivity contribution in [1.82, 2.24) is 9.78 Å². The molecule has 2 aromatic rings. The first kappa shape index (κ1) is 10.3. The zero-order valence-corrected chi connectivity index (χ0v) is 9.65. The van der Waals surface area contributed by atoms with Crippen molar-refractivity contribution in [3.8, 4) is 11.1 Å². The monoisotopic (exact) mass is 231 g/mol. The van der Waals surface area contributed by atoms with Gasteiger partial charge in [-0.05, 0) is 30.5 Å². The number of hydrogen-bond acceptors (Lipinski definition) is 2. The summed E-state index contributed by atoms with van der Waals surface area (Å²) in [5.41, 5.74) is 8.75. The van der Waals surface area contributed by atoms with Crippen LogP contribution in [0.1, 0.15) is 24.5 Å². The highest BCUT2D eigenvalue weighted by molar-refractivity contribution is 5.77. The molecule has 1 aliphatic rings. The van der Waals surface area contributed by atoms with Gasteiger partial charge in [0.05, 0.1) is 5.69 Å². The van der Waals surface area contributed by atoms with Crippen LogP contribution in [0.15, 0.2) is 24.3 Å². The summed E-state index contributed by atoms with van der Waals surface area (Å²) >= 11 is 0. The molecular formula is C13H14FN3. The summed E-state index contributed by atoms with van der Waals surface area (Å²) in [6.07, 6.45) is 2.30. The molecule has 0 radical (unpaired) electrons. The van der Waals surface area contributed by atoms with E-state index < -0.39 is 0 Å². The average molecular weight is 231 g/mol. The SMILES string of the molecule is Cn1nc(C2CC2)c(-c2cccc(F)c2)c1N. The van der Waals surface area contributed by atoms with E-state index in [0.29, 0.717) is 11.7 Å². The minimum Gasteiger partial charge on any atom is -0.383 e. The Kier molecular flexibility index (Phi) is 2.18. The molecule has 1 aliphatic carbocycles. The molecule has 0 saturated heterocycles. The van der Waals surface area contributed by atoms with Crippen LogP contribution in [0.5, 0.6) is 0 Å². The van der Waals surface area contributed by atoms with Gasteiger partial charge < -0.3 is 5.73 Å². The second kappa shape index (κ2) is 3.58. The summed E-state index contributed by atoms with van der Waals surface area (Å²) in [7, 11) is 1.82. The Balaban J connectivity index is 2.18. The van der Waals surface area contributed by atoms with E-state index in [2.05, 4.69) is 5.10 Å². The van der Waals surface area contributed by atoms with Crippen molar-refractivity contribution in [3.05, 3.63) is 35.8 Å². The Labute approximate surface area is 99.1 Å². The molecule has 1 aromatic carbocycles. The van der Waals surface area contributed by atoms with Gasteiger partial charge >= 0.3 is 0 Å². The first-order valence-electron chi connectivity index (χ1n) is 5.75. The predicted octanol–water partition coefficient (Wildman–Crippen LogP) is 2.69. The molecule has 0 atom stereocenters. The third-order valence-electron chi connectivity index (χ3n) is 3.20. The van der Waals surface area contributed by atoms with Crippen LogP contribution in [0.25, 0.3) is 11.1 Å². The van der Waals surface area contributed by atoms with Crippen LogP contribution in [0.4, 0.5) is 10.2 Å². The summed E-state index contributed by atoms with van der Waals surface area (Å²) in [5, 5.41) is 4.45. The molecule has 0 bridgehead atoms. The normalized spacial score (nSPS) is 15.2. The zero-order chi connectivity index (χ0) is 12.0. The third kappa shape index (κ3) is 1.69. The summed E-state index contributed by atoms with van der Waals surface area (Å²) in [4.78, 5) is 0. The van der Waals surface area contributed by atoms with Crippen molar-refractivity contribution in [2.45, 2.75) is 18.8 Å². The largest absolute Gasteiger partial charge is 0.383 e. The number of nitrogens with zero attached hydrogens (tertiary/aromatic N) is 2. The predicted molar refractivity (Wildman–Crippen MR) is 65.0 cm³/mol. The minimum absolute atomic E-state index is 0.243. The summed E-state index contributed by atoms with van der Waals surface area (Å²) in [6, 6.07) is 6.53. The summed E-state index contributed by atoms with van der Waals surface area (Å²) < 4.78 is 14.9. The third-order valence-corrected chi connectivity index (χ3v) is 3.20. The molecule has 3 nitrogen and oxygen atoms in total. The molecule has 0 aliphatic heterocycles. The highest BCUT2D eigenvalue weighted by atomic mass is 19.1. The van der Waals surface area contributed by atoms with E-state index in [1.807, 2.05) is 13.1 Å². The number of aryl methyl sites for hydroxylation is 1. The molecule has 1 saturated carbocycles. The fourth-order valence-corrected chi connectivity index (χ4v) is 2.14. The van der Waals surface area contributed by atoms with Gasteiger partial charge in [-0.2, -0.15) is 5.10 Å². The Hall–Kier alpha value is -1.84. The lowest BCUT2D eigenvalue weighted by Crippen LogP contribution is -1.98. The Bertz CT molecular complexity index is 570. The lowest BCUT2D eigenvalue weighted by molar-refractivity contribution is 0.628. The first-order valence-corrected chi connectivity index (χ1v) is 5.75. The zero-order valence-electron chi connectivity index (χ0n) is 9.65. The molecule has 0 unspecified atom stereocenters. The van der Waals surface area contributed by atoms with Crippen molar-refractivity contribution in [2.75, 3.05) is 5.73 Å². The molecule has 0 spiro atoms. The second-order valence-electron chi connectivity index (χ2n) is 4.55. The van der Waals surface area contributed by atoms with Gasteiger partial charge in [0.1, 0.15) is 11.6 Å². The summed E-state index contributed by atoms with van der Waals surface area (Å²) in [6.45, 7) is 0. The van der Waals surface area contributed by atoms with Gasteiger partial charge in [0, 0.05) is 18.5 Å². The Morgan fingerprint density at radius 3 is 2.82 bits per heavy atom. The molecule has 0 amide bonds. The maximum atomic E-state index is 13.3. The van der Waals surface area contributed by atoms with Crippen LogP contribution in [0, 0.1) is 5.82 Å². The van der Waals surface area contributed by atoms with Crippen molar-refractivity contribution < 1.29 is 4.39 Å². The first-order chi connectivity index (χ1) is 8.16.